The summed E-state index contributed by atoms with van der Waals surface area (Å²) in [6, 6.07) is 13.2. The number of benzene rings is 2. The van der Waals surface area contributed by atoms with Gasteiger partial charge in [-0.1, -0.05) is 0 Å². The third-order valence-corrected chi connectivity index (χ3v) is 7.75. The molecule has 0 radical (unpaired) electrons. The van der Waals surface area contributed by atoms with E-state index in [9.17, 15) is 21.6 Å². The molecule has 4 aromatic rings. The van der Waals surface area contributed by atoms with E-state index in [0.717, 1.165) is 17.1 Å². The highest BCUT2D eigenvalue weighted by Gasteiger charge is 2.38. The SMILES string of the molecule is O=C(O)C(F)(F)F.O=S(=O)(Cc1nccs1)c1ccc2c(c1)OCCN2c1ccc(-n2ccnc2)cc1. The lowest BCUT2D eigenvalue weighted by molar-refractivity contribution is -0.192. The summed E-state index contributed by atoms with van der Waals surface area (Å²) < 4.78 is 65.0. The molecule has 1 N–H and O–H groups in total. The smallest absolute Gasteiger partial charge is 0.489 e. The molecule has 0 saturated heterocycles. The number of halogens is 3. The predicted molar refractivity (Wildman–Crippen MR) is 129 cm³/mol. The average Bonchev–Trinajstić information content (AvgIpc) is 3.58. The van der Waals surface area contributed by atoms with Crippen molar-refractivity contribution in [3.63, 3.8) is 0 Å². The quantitative estimate of drug-likeness (QED) is 0.386. The Hall–Kier alpha value is -3.91. The second kappa shape index (κ2) is 10.6. The molecule has 2 aromatic carbocycles. The number of carboxylic acids is 1. The van der Waals surface area contributed by atoms with Crippen LogP contribution in [0.4, 0.5) is 24.5 Å². The lowest BCUT2D eigenvalue weighted by Gasteiger charge is -2.31. The van der Waals surface area contributed by atoms with Gasteiger partial charge in [0.2, 0.25) is 0 Å². The van der Waals surface area contributed by atoms with E-state index in [4.69, 9.17) is 14.6 Å². The molecule has 14 heteroatoms. The number of hydrogen-bond acceptors (Lipinski definition) is 8. The van der Waals surface area contributed by atoms with E-state index in [1.165, 1.54) is 11.3 Å². The maximum atomic E-state index is 12.8. The van der Waals surface area contributed by atoms with E-state index in [1.807, 2.05) is 41.1 Å². The molecule has 3 heterocycles. The van der Waals surface area contributed by atoms with Gasteiger partial charge in [-0.25, -0.2) is 23.2 Å². The van der Waals surface area contributed by atoms with E-state index in [0.29, 0.717) is 23.9 Å². The van der Waals surface area contributed by atoms with Crippen LogP contribution in [-0.4, -0.2) is 53.4 Å². The van der Waals surface area contributed by atoms with Crippen molar-refractivity contribution in [3.05, 3.63) is 77.8 Å². The molecule has 0 fully saturated rings. The molecule has 37 heavy (non-hydrogen) atoms. The molecular formula is C23H19F3N4O5S2. The monoisotopic (exact) mass is 552 g/mol. The first-order chi connectivity index (χ1) is 17.5. The summed E-state index contributed by atoms with van der Waals surface area (Å²) in [5, 5.41) is 9.48. The third-order valence-electron chi connectivity index (χ3n) is 5.16. The molecule has 0 amide bonds. The van der Waals surface area contributed by atoms with E-state index < -0.39 is 22.0 Å². The minimum atomic E-state index is -5.08. The molecule has 0 unspecified atom stereocenters. The van der Waals surface area contributed by atoms with Crippen LogP contribution in [0, 0.1) is 0 Å². The maximum Gasteiger partial charge on any atom is 0.490 e. The van der Waals surface area contributed by atoms with Gasteiger partial charge < -0.3 is 19.3 Å². The first-order valence-corrected chi connectivity index (χ1v) is 13.1. The standard InChI is InChI=1S/C21H18N4O3S2.C2HF3O2/c26-30(27,14-21-23-8-12-29-21)18-5-6-19-20(13-18)28-11-10-25(19)17-3-1-16(2-4-17)24-9-7-22-15-24;3-2(4,5)1(6)7/h1-9,12-13,15H,10-11,14H2;(H,6,7). The molecule has 5 rings (SSSR count). The van der Waals surface area contributed by atoms with Gasteiger partial charge in [-0.15, -0.1) is 11.3 Å². The van der Waals surface area contributed by atoms with Crippen LogP contribution in [0.1, 0.15) is 5.01 Å². The third kappa shape index (κ3) is 6.27. The van der Waals surface area contributed by atoms with Crippen molar-refractivity contribution in [2.24, 2.45) is 0 Å². The number of fused-ring (bicyclic) bond motifs is 1. The highest BCUT2D eigenvalue weighted by atomic mass is 32.2. The Labute approximate surface area is 213 Å². The second-order valence-corrected chi connectivity index (χ2v) is 10.6. The van der Waals surface area contributed by atoms with Crippen molar-refractivity contribution in [1.82, 2.24) is 14.5 Å². The average molecular weight is 553 g/mol. The summed E-state index contributed by atoms with van der Waals surface area (Å²) in [5.74, 6) is -2.30. The zero-order valence-corrected chi connectivity index (χ0v) is 20.5. The highest BCUT2D eigenvalue weighted by Crippen LogP contribution is 2.38. The van der Waals surface area contributed by atoms with Crippen LogP contribution in [0.25, 0.3) is 5.69 Å². The molecule has 9 nitrogen and oxygen atoms in total. The van der Waals surface area contributed by atoms with Gasteiger partial charge in [0, 0.05) is 41.4 Å². The highest BCUT2D eigenvalue weighted by molar-refractivity contribution is 7.90. The van der Waals surface area contributed by atoms with Gasteiger partial charge in [0.25, 0.3) is 0 Å². The van der Waals surface area contributed by atoms with E-state index in [1.54, 1.807) is 36.2 Å². The van der Waals surface area contributed by atoms with Gasteiger partial charge in [-0.3, -0.25) is 0 Å². The molecule has 0 bridgehead atoms. The summed E-state index contributed by atoms with van der Waals surface area (Å²) in [6.45, 7) is 1.16. The first kappa shape index (κ1) is 26.2. The maximum absolute atomic E-state index is 12.8. The lowest BCUT2D eigenvalue weighted by Crippen LogP contribution is -2.28. The number of alkyl halides is 3. The van der Waals surface area contributed by atoms with Crippen LogP contribution in [0.3, 0.4) is 0 Å². The first-order valence-electron chi connectivity index (χ1n) is 10.6. The summed E-state index contributed by atoms with van der Waals surface area (Å²) in [4.78, 5) is 19.4. The number of sulfone groups is 1. The molecule has 0 saturated carbocycles. The second-order valence-electron chi connectivity index (χ2n) is 7.60. The molecule has 1 aliphatic heterocycles. The Morgan fingerprint density at radius 3 is 2.41 bits per heavy atom. The zero-order chi connectivity index (χ0) is 26.6. The molecule has 194 valence electrons. The minimum Gasteiger partial charge on any atom is -0.489 e. The lowest BCUT2D eigenvalue weighted by atomic mass is 10.2. The van der Waals surface area contributed by atoms with Gasteiger partial charge in [0.15, 0.2) is 9.84 Å². The predicted octanol–water partition coefficient (Wildman–Crippen LogP) is 4.47. The molecule has 2 aromatic heterocycles. The summed E-state index contributed by atoms with van der Waals surface area (Å²) in [5.41, 5.74) is 2.89. The Balaban J connectivity index is 0.000000405. The fourth-order valence-electron chi connectivity index (χ4n) is 3.45. The number of imidazole rings is 1. The van der Waals surface area contributed by atoms with Crippen LogP contribution >= 0.6 is 11.3 Å². The van der Waals surface area contributed by atoms with Gasteiger partial charge in [-0.2, -0.15) is 13.2 Å². The Bertz CT molecular complexity index is 1460. The van der Waals surface area contributed by atoms with Crippen molar-refractivity contribution in [2.75, 3.05) is 18.1 Å². The molecule has 0 atom stereocenters. The van der Waals surface area contributed by atoms with Crippen molar-refractivity contribution >= 4 is 38.5 Å². The molecule has 0 aliphatic carbocycles. The number of carbonyl (C=O) groups is 1. The van der Waals surface area contributed by atoms with Crippen LogP contribution in [0.15, 0.2) is 77.7 Å². The largest absolute Gasteiger partial charge is 0.490 e. The van der Waals surface area contributed by atoms with Crippen LogP contribution in [0.2, 0.25) is 0 Å². The Kier molecular flexibility index (Phi) is 7.50. The van der Waals surface area contributed by atoms with Gasteiger partial charge >= 0.3 is 12.1 Å². The van der Waals surface area contributed by atoms with Gasteiger partial charge in [-0.05, 0) is 36.4 Å². The fraction of sp³-hybridized carbons (Fsp3) is 0.174. The number of thiazole rings is 1. The van der Waals surface area contributed by atoms with Crippen LogP contribution < -0.4 is 9.64 Å². The number of nitrogens with zero attached hydrogens (tertiary/aromatic N) is 4. The number of aromatic nitrogens is 3. The summed E-state index contributed by atoms with van der Waals surface area (Å²) >= 11 is 1.34. The number of ether oxygens (including phenoxy) is 1. The van der Waals surface area contributed by atoms with Crippen molar-refractivity contribution in [3.8, 4) is 11.4 Å². The molecule has 1 aliphatic rings. The normalized spacial score (nSPS) is 13.2. The van der Waals surface area contributed by atoms with E-state index >= 15 is 0 Å². The minimum absolute atomic E-state index is 0.108. The van der Waals surface area contributed by atoms with Gasteiger partial charge in [0.05, 0.1) is 23.5 Å². The summed E-state index contributed by atoms with van der Waals surface area (Å²) in [7, 11) is -3.49. The zero-order valence-electron chi connectivity index (χ0n) is 18.9. The van der Waals surface area contributed by atoms with Crippen molar-refractivity contribution < 1.29 is 36.2 Å². The molecular weight excluding hydrogens is 533 g/mol. The number of anilines is 2. The summed E-state index contributed by atoms with van der Waals surface area (Å²) in [6.07, 6.45) is 1.92. The van der Waals surface area contributed by atoms with Crippen LogP contribution in [0.5, 0.6) is 5.75 Å². The van der Waals surface area contributed by atoms with E-state index in [-0.39, 0.29) is 10.6 Å². The topological polar surface area (TPSA) is 115 Å². The van der Waals surface area contributed by atoms with Gasteiger partial charge in [0.1, 0.15) is 23.1 Å². The van der Waals surface area contributed by atoms with Crippen LogP contribution in [-0.2, 0) is 20.4 Å². The Morgan fingerprint density at radius 2 is 1.81 bits per heavy atom. The number of rotatable bonds is 5. The number of hydrogen-bond donors (Lipinski definition) is 1. The fourth-order valence-corrected chi connectivity index (χ4v) is 5.72. The van der Waals surface area contributed by atoms with Crippen molar-refractivity contribution in [2.45, 2.75) is 16.8 Å². The Morgan fingerprint density at radius 1 is 1.11 bits per heavy atom. The number of aliphatic carboxylic acids is 1. The number of carboxylic acid groups (broad SMARTS) is 1. The van der Waals surface area contributed by atoms with E-state index in [2.05, 4.69) is 14.9 Å². The van der Waals surface area contributed by atoms with Crippen molar-refractivity contribution in [1.29, 1.82) is 0 Å². The molecule has 0 spiro atoms.